The van der Waals surface area contributed by atoms with Crippen molar-refractivity contribution in [2.75, 3.05) is 10.6 Å². The summed E-state index contributed by atoms with van der Waals surface area (Å²) >= 11 is 11.2. The zero-order valence-corrected chi connectivity index (χ0v) is 16.3. The average Bonchev–Trinajstić information content (AvgIpc) is 2.54. The van der Waals surface area contributed by atoms with E-state index >= 15 is 0 Å². The van der Waals surface area contributed by atoms with Gasteiger partial charge in [-0.25, -0.2) is 0 Å². The smallest absolute Gasteiger partial charge is 0.258 e. The molecular weight excluding hydrogens is 370 g/mol. The summed E-state index contributed by atoms with van der Waals surface area (Å²) in [6, 6.07) is 13.8. The summed E-state index contributed by atoms with van der Waals surface area (Å²) in [5, 5.41) is 8.82. The highest BCUT2D eigenvalue weighted by molar-refractivity contribution is 7.80. The highest BCUT2D eigenvalue weighted by Crippen LogP contribution is 2.20. The second-order valence-electron chi connectivity index (χ2n) is 6.67. The Balaban J connectivity index is 2.01. The lowest BCUT2D eigenvalue weighted by Crippen LogP contribution is -2.34. The van der Waals surface area contributed by atoms with Gasteiger partial charge in [0.2, 0.25) is 5.91 Å². The lowest BCUT2D eigenvalue weighted by atomic mass is 9.95. The number of rotatable bonds is 3. The highest BCUT2D eigenvalue weighted by atomic mass is 35.5. The molecule has 0 fully saturated rings. The topological polar surface area (TPSA) is 70.2 Å². The van der Waals surface area contributed by atoms with E-state index in [9.17, 15) is 9.59 Å². The predicted molar refractivity (Wildman–Crippen MR) is 110 cm³/mol. The summed E-state index contributed by atoms with van der Waals surface area (Å²) in [6.45, 7) is 5.51. The molecule has 0 radical (unpaired) electrons. The van der Waals surface area contributed by atoms with Crippen molar-refractivity contribution < 1.29 is 9.59 Å². The maximum atomic E-state index is 12.2. The Labute approximate surface area is 163 Å². The number of halogens is 1. The van der Waals surface area contributed by atoms with Crippen molar-refractivity contribution >= 4 is 52.1 Å². The van der Waals surface area contributed by atoms with Gasteiger partial charge in [0.1, 0.15) is 0 Å². The van der Waals surface area contributed by atoms with Crippen LogP contribution < -0.4 is 16.0 Å². The van der Waals surface area contributed by atoms with E-state index in [1.54, 1.807) is 48.5 Å². The molecule has 2 rings (SSSR count). The SMILES string of the molecule is CC(C)(C)C(=O)Nc1cccc(NC(=S)NC(=O)c2ccccc2Cl)c1. The molecule has 0 aliphatic carbocycles. The molecule has 3 N–H and O–H groups in total. The molecule has 0 unspecified atom stereocenters. The molecule has 0 spiro atoms. The third-order valence-corrected chi connectivity index (χ3v) is 3.94. The Hall–Kier alpha value is -2.44. The van der Waals surface area contributed by atoms with Crippen LogP contribution >= 0.6 is 23.8 Å². The standard InChI is InChI=1S/C19H20ClN3O2S/c1-19(2,3)17(25)21-12-7-6-8-13(11-12)22-18(26)23-16(24)14-9-4-5-10-15(14)20/h4-11H,1-3H3,(H,21,25)(H2,22,23,24,26). The van der Waals surface area contributed by atoms with E-state index in [0.29, 0.717) is 22.0 Å². The first-order chi connectivity index (χ1) is 12.2. The third-order valence-electron chi connectivity index (χ3n) is 3.41. The number of thiocarbonyl (C=S) groups is 1. The van der Waals surface area contributed by atoms with Gasteiger partial charge in [-0.3, -0.25) is 14.9 Å². The molecule has 0 saturated heterocycles. The minimum Gasteiger partial charge on any atom is -0.332 e. The zero-order chi connectivity index (χ0) is 19.3. The van der Waals surface area contributed by atoms with Gasteiger partial charge in [0.15, 0.2) is 5.11 Å². The molecule has 0 saturated carbocycles. The zero-order valence-electron chi connectivity index (χ0n) is 14.7. The molecule has 0 atom stereocenters. The van der Waals surface area contributed by atoms with Crippen LogP contribution in [0.2, 0.25) is 5.02 Å². The Morgan fingerprint density at radius 3 is 2.19 bits per heavy atom. The van der Waals surface area contributed by atoms with Gasteiger partial charge in [0.25, 0.3) is 5.91 Å². The molecule has 0 aromatic heterocycles. The molecule has 0 aliphatic heterocycles. The van der Waals surface area contributed by atoms with Crippen LogP contribution in [0.4, 0.5) is 11.4 Å². The van der Waals surface area contributed by atoms with Crippen molar-refractivity contribution in [1.82, 2.24) is 5.32 Å². The van der Waals surface area contributed by atoms with E-state index < -0.39 is 11.3 Å². The molecule has 0 aliphatic rings. The van der Waals surface area contributed by atoms with Crippen molar-refractivity contribution in [3.05, 3.63) is 59.1 Å². The molecular formula is C19H20ClN3O2S. The van der Waals surface area contributed by atoms with Gasteiger partial charge < -0.3 is 10.6 Å². The van der Waals surface area contributed by atoms with E-state index in [4.69, 9.17) is 23.8 Å². The second-order valence-corrected chi connectivity index (χ2v) is 7.49. The summed E-state index contributed by atoms with van der Waals surface area (Å²) in [6.07, 6.45) is 0. The summed E-state index contributed by atoms with van der Waals surface area (Å²) in [4.78, 5) is 24.3. The average molecular weight is 390 g/mol. The van der Waals surface area contributed by atoms with Gasteiger partial charge in [0.05, 0.1) is 10.6 Å². The van der Waals surface area contributed by atoms with Gasteiger partial charge in [-0.2, -0.15) is 0 Å². The molecule has 2 aromatic rings. The van der Waals surface area contributed by atoms with Crippen molar-refractivity contribution in [1.29, 1.82) is 0 Å². The number of hydrogen-bond acceptors (Lipinski definition) is 3. The first-order valence-corrected chi connectivity index (χ1v) is 8.74. The molecule has 5 nitrogen and oxygen atoms in total. The summed E-state index contributed by atoms with van der Waals surface area (Å²) < 4.78 is 0. The lowest BCUT2D eigenvalue weighted by molar-refractivity contribution is -0.123. The number of benzene rings is 2. The van der Waals surface area contributed by atoms with Gasteiger partial charge in [-0.05, 0) is 42.5 Å². The first-order valence-electron chi connectivity index (χ1n) is 7.95. The van der Waals surface area contributed by atoms with Crippen LogP contribution in [0.3, 0.4) is 0 Å². The fourth-order valence-electron chi connectivity index (χ4n) is 1.97. The van der Waals surface area contributed by atoms with Gasteiger partial charge >= 0.3 is 0 Å². The fourth-order valence-corrected chi connectivity index (χ4v) is 2.40. The van der Waals surface area contributed by atoms with Gasteiger partial charge in [0, 0.05) is 16.8 Å². The fraction of sp³-hybridized carbons (Fsp3) is 0.211. The number of carbonyl (C=O) groups is 2. The van der Waals surface area contributed by atoms with E-state index in [0.717, 1.165) is 0 Å². The molecule has 0 bridgehead atoms. The molecule has 136 valence electrons. The molecule has 2 amide bonds. The van der Waals surface area contributed by atoms with Crippen LogP contribution in [0, 0.1) is 5.41 Å². The molecule has 2 aromatic carbocycles. The number of carbonyl (C=O) groups excluding carboxylic acids is 2. The van der Waals surface area contributed by atoms with E-state index in [-0.39, 0.29) is 11.0 Å². The Bertz CT molecular complexity index is 847. The van der Waals surface area contributed by atoms with E-state index in [1.807, 2.05) is 20.8 Å². The minimum absolute atomic E-state index is 0.0933. The third kappa shape index (κ3) is 5.54. The Morgan fingerprint density at radius 1 is 0.962 bits per heavy atom. The van der Waals surface area contributed by atoms with Crippen LogP contribution in [0.1, 0.15) is 31.1 Å². The number of amides is 2. The van der Waals surface area contributed by atoms with Crippen LogP contribution in [-0.2, 0) is 4.79 Å². The van der Waals surface area contributed by atoms with E-state index in [2.05, 4.69) is 16.0 Å². The quantitative estimate of drug-likeness (QED) is 0.678. The monoisotopic (exact) mass is 389 g/mol. The Kier molecular flexibility index (Phi) is 6.34. The van der Waals surface area contributed by atoms with Crippen molar-refractivity contribution in [3.63, 3.8) is 0 Å². The van der Waals surface area contributed by atoms with Crippen LogP contribution in [0.25, 0.3) is 0 Å². The van der Waals surface area contributed by atoms with Gasteiger partial charge in [-0.15, -0.1) is 0 Å². The normalized spacial score (nSPS) is 10.8. The van der Waals surface area contributed by atoms with Crippen LogP contribution in [-0.4, -0.2) is 16.9 Å². The van der Waals surface area contributed by atoms with E-state index in [1.165, 1.54) is 0 Å². The number of anilines is 2. The van der Waals surface area contributed by atoms with Crippen molar-refractivity contribution in [2.24, 2.45) is 5.41 Å². The van der Waals surface area contributed by atoms with Crippen LogP contribution in [0.5, 0.6) is 0 Å². The molecule has 0 heterocycles. The van der Waals surface area contributed by atoms with Gasteiger partial charge in [-0.1, -0.05) is 50.6 Å². The number of nitrogens with one attached hydrogen (secondary N) is 3. The van der Waals surface area contributed by atoms with Crippen LogP contribution in [0.15, 0.2) is 48.5 Å². The molecule has 7 heteroatoms. The molecule has 26 heavy (non-hydrogen) atoms. The summed E-state index contributed by atoms with van der Waals surface area (Å²) in [7, 11) is 0. The lowest BCUT2D eigenvalue weighted by Gasteiger charge is -2.18. The number of hydrogen-bond donors (Lipinski definition) is 3. The summed E-state index contributed by atoms with van der Waals surface area (Å²) in [5.74, 6) is -0.491. The minimum atomic E-state index is -0.498. The predicted octanol–water partition coefficient (Wildman–Crippen LogP) is 4.45. The van der Waals surface area contributed by atoms with Crippen molar-refractivity contribution in [3.8, 4) is 0 Å². The Morgan fingerprint density at radius 2 is 1.58 bits per heavy atom. The largest absolute Gasteiger partial charge is 0.332 e. The van der Waals surface area contributed by atoms with Crippen molar-refractivity contribution in [2.45, 2.75) is 20.8 Å². The highest BCUT2D eigenvalue weighted by Gasteiger charge is 2.21. The maximum Gasteiger partial charge on any atom is 0.258 e. The first kappa shape index (κ1) is 19.9. The second kappa shape index (κ2) is 8.29. The maximum absolute atomic E-state index is 12.2. The summed E-state index contributed by atoms with van der Waals surface area (Å²) in [5.41, 5.74) is 1.11.